The summed E-state index contributed by atoms with van der Waals surface area (Å²) in [5.41, 5.74) is 0. The molecule has 0 aromatic carbocycles. The first-order chi connectivity index (χ1) is 9.70. The first-order valence-corrected chi connectivity index (χ1v) is 9.81. The summed E-state index contributed by atoms with van der Waals surface area (Å²) in [6, 6.07) is 0. The van der Waals surface area contributed by atoms with Crippen molar-refractivity contribution in [2.24, 2.45) is 23.7 Å². The molecule has 1 aliphatic carbocycles. The van der Waals surface area contributed by atoms with Crippen molar-refractivity contribution >= 4 is 15.9 Å². The third-order valence-electron chi connectivity index (χ3n) is 4.89. The topological polar surface area (TPSA) is 54.5 Å². The largest absolute Gasteiger partial charge is 0.274 e. The SMILES string of the molecule is CC.CCS(=O)(=O)N(C)C(=O)CC(C)[C@H]1CC[C@@H](C)[C@H]1C.[U].[U]. The molecule has 1 aliphatic rings. The number of nitrogens with zero attached hydrogens (tertiary/aromatic N) is 1. The van der Waals surface area contributed by atoms with Gasteiger partial charge in [0.25, 0.3) is 0 Å². The molecule has 1 rings (SSSR count). The maximum atomic E-state index is 12.1. The third kappa shape index (κ3) is 8.64. The van der Waals surface area contributed by atoms with Crippen LogP contribution in [0.5, 0.6) is 0 Å². The molecule has 7 heteroatoms. The van der Waals surface area contributed by atoms with Crippen molar-refractivity contribution in [3.05, 3.63) is 0 Å². The fraction of sp³-hybridized carbons (Fsp3) is 0.938. The Morgan fingerprint density at radius 2 is 1.65 bits per heavy atom. The number of hydrogen-bond donors (Lipinski definition) is 0. The van der Waals surface area contributed by atoms with E-state index in [1.807, 2.05) is 13.8 Å². The molecular formula is C16H33NO3SU2. The number of sulfonamides is 1. The number of amides is 1. The molecule has 134 valence electrons. The molecule has 1 amide bonds. The quantitative estimate of drug-likeness (QED) is 0.429. The van der Waals surface area contributed by atoms with Gasteiger partial charge in [-0.05, 0) is 37.0 Å². The van der Waals surface area contributed by atoms with E-state index in [1.165, 1.54) is 13.5 Å². The zero-order valence-electron chi connectivity index (χ0n) is 15.7. The summed E-state index contributed by atoms with van der Waals surface area (Å²) in [6.07, 6.45) is 2.70. The van der Waals surface area contributed by atoms with Crippen LogP contribution in [0.25, 0.3) is 0 Å². The Morgan fingerprint density at radius 3 is 2.00 bits per heavy atom. The Morgan fingerprint density at radius 1 is 1.17 bits per heavy atom. The van der Waals surface area contributed by atoms with Gasteiger partial charge in [0.1, 0.15) is 0 Å². The summed E-state index contributed by atoms with van der Waals surface area (Å²) in [7, 11) is -2.04. The van der Waals surface area contributed by atoms with Gasteiger partial charge >= 0.3 is 0 Å². The van der Waals surface area contributed by atoms with E-state index in [4.69, 9.17) is 0 Å². The second kappa shape index (κ2) is 13.7. The smallest absolute Gasteiger partial charge is 0.236 e. The normalized spacial score (nSPS) is 24.4. The third-order valence-corrected chi connectivity index (χ3v) is 6.66. The Hall–Kier alpha value is 1.52. The first-order valence-electron chi connectivity index (χ1n) is 8.20. The predicted octanol–water partition coefficient (Wildman–Crippen LogP) is 3.53. The molecule has 0 radical (unpaired) electrons. The van der Waals surface area contributed by atoms with Gasteiger partial charge < -0.3 is 0 Å². The molecule has 0 saturated heterocycles. The van der Waals surface area contributed by atoms with E-state index < -0.39 is 10.0 Å². The molecule has 1 unspecified atom stereocenters. The van der Waals surface area contributed by atoms with Crippen LogP contribution in [0.3, 0.4) is 0 Å². The molecule has 0 aromatic heterocycles. The van der Waals surface area contributed by atoms with E-state index in [2.05, 4.69) is 20.8 Å². The summed E-state index contributed by atoms with van der Waals surface area (Å²) >= 11 is 0. The standard InChI is InChI=1S/C14H27NO3S.C2H6.2U/c1-6-19(17,18)15(5)14(16)9-11(3)13-8-7-10(2)12(13)4;1-2;;/h10-13H,6-9H2,1-5H3;1-2H3;;/t10-,11?,12-,13-;;;/m1.../s1. The van der Waals surface area contributed by atoms with Crippen molar-refractivity contribution in [3.8, 4) is 0 Å². The molecule has 0 N–H and O–H groups in total. The van der Waals surface area contributed by atoms with Gasteiger partial charge in [-0.15, -0.1) is 0 Å². The van der Waals surface area contributed by atoms with Gasteiger partial charge in [0.05, 0.1) is 5.75 Å². The van der Waals surface area contributed by atoms with Gasteiger partial charge in [0.15, 0.2) is 0 Å². The van der Waals surface area contributed by atoms with Crippen LogP contribution in [-0.2, 0) is 14.8 Å². The molecule has 0 spiro atoms. The fourth-order valence-electron chi connectivity index (χ4n) is 3.11. The number of hydrogen-bond acceptors (Lipinski definition) is 3. The second-order valence-electron chi connectivity index (χ2n) is 6.02. The van der Waals surface area contributed by atoms with Crippen LogP contribution in [0.15, 0.2) is 0 Å². The molecule has 0 heterocycles. The van der Waals surface area contributed by atoms with Crippen LogP contribution < -0.4 is 0 Å². The molecular weight excluding hydrogens is 762 g/mol. The Labute approximate surface area is 191 Å². The van der Waals surface area contributed by atoms with Crippen LogP contribution in [0.2, 0.25) is 0 Å². The number of carbonyl (C=O) groups excluding carboxylic acids is 1. The minimum Gasteiger partial charge on any atom is -0.274 e. The Bertz CT molecular complexity index is 429. The molecule has 4 nitrogen and oxygen atoms in total. The minimum atomic E-state index is -3.41. The van der Waals surface area contributed by atoms with Crippen molar-refractivity contribution in [2.45, 2.75) is 60.8 Å². The van der Waals surface area contributed by atoms with E-state index in [1.54, 1.807) is 6.92 Å². The van der Waals surface area contributed by atoms with Crippen molar-refractivity contribution in [2.75, 3.05) is 12.8 Å². The minimum absolute atomic E-state index is 0. The summed E-state index contributed by atoms with van der Waals surface area (Å²) in [4.78, 5) is 12.1. The van der Waals surface area contributed by atoms with Gasteiger partial charge in [0, 0.05) is 75.7 Å². The maximum absolute atomic E-state index is 12.1. The molecule has 1 saturated carbocycles. The first kappa shape index (κ1) is 29.3. The van der Waals surface area contributed by atoms with E-state index in [9.17, 15) is 13.2 Å². The zero-order chi connectivity index (χ0) is 16.8. The molecule has 0 aromatic rings. The molecule has 0 aliphatic heterocycles. The summed E-state index contributed by atoms with van der Waals surface area (Å²) < 4.78 is 24.3. The fourth-order valence-corrected chi connectivity index (χ4v) is 3.88. The van der Waals surface area contributed by atoms with Gasteiger partial charge in [-0.3, -0.25) is 4.79 Å². The summed E-state index contributed by atoms with van der Waals surface area (Å²) in [5, 5.41) is 0. The van der Waals surface area contributed by atoms with Crippen molar-refractivity contribution in [1.29, 1.82) is 0 Å². The van der Waals surface area contributed by atoms with E-state index in [-0.39, 0.29) is 79.8 Å². The van der Waals surface area contributed by atoms with Crippen molar-refractivity contribution < 1.29 is 75.4 Å². The van der Waals surface area contributed by atoms with Gasteiger partial charge in [-0.25, -0.2) is 12.7 Å². The van der Waals surface area contributed by atoms with Gasteiger partial charge in [-0.1, -0.05) is 41.0 Å². The molecule has 23 heavy (non-hydrogen) atoms. The van der Waals surface area contributed by atoms with Crippen LogP contribution in [0.1, 0.15) is 60.8 Å². The summed E-state index contributed by atoms with van der Waals surface area (Å²) in [5.74, 6) is 1.82. The monoisotopic (exact) mass is 795 g/mol. The molecule has 4 atom stereocenters. The van der Waals surface area contributed by atoms with Gasteiger partial charge in [0.2, 0.25) is 15.9 Å². The average molecular weight is 796 g/mol. The Balaban J connectivity index is -0.000000960. The van der Waals surface area contributed by atoms with E-state index in [0.717, 1.165) is 10.7 Å². The van der Waals surface area contributed by atoms with E-state index >= 15 is 0 Å². The van der Waals surface area contributed by atoms with Crippen LogP contribution in [0.4, 0.5) is 0 Å². The summed E-state index contributed by atoms with van der Waals surface area (Å²) in [6.45, 7) is 12.1. The molecule has 1 fully saturated rings. The molecule has 0 bridgehead atoms. The van der Waals surface area contributed by atoms with Crippen molar-refractivity contribution in [1.82, 2.24) is 4.31 Å². The Kier molecular flexibility index (Phi) is 17.4. The van der Waals surface area contributed by atoms with E-state index in [0.29, 0.717) is 24.2 Å². The van der Waals surface area contributed by atoms with Crippen LogP contribution >= 0.6 is 0 Å². The van der Waals surface area contributed by atoms with Gasteiger partial charge in [-0.2, -0.15) is 0 Å². The van der Waals surface area contributed by atoms with Crippen molar-refractivity contribution in [3.63, 3.8) is 0 Å². The number of carbonyl (C=O) groups is 1. The second-order valence-corrected chi connectivity index (χ2v) is 8.31. The number of rotatable bonds is 5. The maximum Gasteiger partial charge on any atom is 0.236 e. The zero-order valence-corrected chi connectivity index (χ0v) is 24.9. The predicted molar refractivity (Wildman–Crippen MR) is 88.4 cm³/mol. The average Bonchev–Trinajstić information content (AvgIpc) is 2.80. The van der Waals surface area contributed by atoms with Crippen LogP contribution in [-0.4, -0.2) is 31.4 Å². The van der Waals surface area contributed by atoms with Crippen LogP contribution in [0, 0.1) is 85.9 Å².